The van der Waals surface area contributed by atoms with E-state index in [1.807, 2.05) is 4.90 Å². The van der Waals surface area contributed by atoms with Gasteiger partial charge < -0.3 is 10.0 Å². The number of rotatable bonds is 2. The molecule has 1 aliphatic rings. The van der Waals surface area contributed by atoms with Gasteiger partial charge in [-0.15, -0.1) is 0 Å². The number of pyridine rings is 1. The summed E-state index contributed by atoms with van der Waals surface area (Å²) >= 11 is 11.8. The van der Waals surface area contributed by atoms with Crippen LogP contribution in [0.15, 0.2) is 12.3 Å². The molecular formula is C10H12Cl2N2O. The summed E-state index contributed by atoms with van der Waals surface area (Å²) in [5, 5.41) is 10.3. The van der Waals surface area contributed by atoms with Crippen molar-refractivity contribution in [1.82, 2.24) is 4.98 Å². The van der Waals surface area contributed by atoms with Gasteiger partial charge in [0.05, 0.1) is 22.7 Å². The van der Waals surface area contributed by atoms with E-state index < -0.39 is 0 Å². The van der Waals surface area contributed by atoms with Crippen LogP contribution in [0.4, 0.5) is 5.82 Å². The molecule has 1 aromatic rings. The van der Waals surface area contributed by atoms with Crippen molar-refractivity contribution in [2.75, 3.05) is 18.1 Å². The fraction of sp³-hybridized carbons (Fsp3) is 0.500. The second kappa shape index (κ2) is 4.56. The van der Waals surface area contributed by atoms with E-state index in [0.717, 1.165) is 25.2 Å². The number of hydrogen-bond donors (Lipinski definition) is 1. The predicted octanol–water partition coefficient (Wildman–Crippen LogP) is 2.35. The molecule has 0 aliphatic carbocycles. The fourth-order valence-electron chi connectivity index (χ4n) is 1.92. The van der Waals surface area contributed by atoms with Gasteiger partial charge in [-0.2, -0.15) is 0 Å². The van der Waals surface area contributed by atoms with Gasteiger partial charge in [0.1, 0.15) is 5.82 Å². The van der Waals surface area contributed by atoms with Crippen molar-refractivity contribution < 1.29 is 5.11 Å². The number of anilines is 1. The summed E-state index contributed by atoms with van der Waals surface area (Å²) in [4.78, 5) is 6.25. The molecule has 1 atom stereocenters. The van der Waals surface area contributed by atoms with Gasteiger partial charge in [0, 0.05) is 12.7 Å². The van der Waals surface area contributed by atoms with Crippen molar-refractivity contribution in [2.24, 2.45) is 0 Å². The Kier molecular flexibility index (Phi) is 3.34. The van der Waals surface area contributed by atoms with Gasteiger partial charge in [-0.25, -0.2) is 4.98 Å². The molecule has 82 valence electrons. The second-order valence-electron chi connectivity index (χ2n) is 3.63. The Morgan fingerprint density at radius 1 is 1.53 bits per heavy atom. The molecule has 5 heteroatoms. The van der Waals surface area contributed by atoms with E-state index >= 15 is 0 Å². The minimum atomic E-state index is 0.135. The number of nitrogens with zero attached hydrogens (tertiary/aromatic N) is 2. The van der Waals surface area contributed by atoms with Crippen molar-refractivity contribution in [3.63, 3.8) is 0 Å². The molecule has 1 unspecified atom stereocenters. The first-order chi connectivity index (χ1) is 7.22. The zero-order valence-corrected chi connectivity index (χ0v) is 9.67. The van der Waals surface area contributed by atoms with Gasteiger partial charge in [0.25, 0.3) is 0 Å². The molecule has 1 N–H and O–H groups in total. The Hall–Kier alpha value is -0.510. The van der Waals surface area contributed by atoms with Gasteiger partial charge in [0.2, 0.25) is 0 Å². The normalized spacial score (nSPS) is 21.0. The predicted molar refractivity (Wildman–Crippen MR) is 61.7 cm³/mol. The molecule has 1 fully saturated rings. The van der Waals surface area contributed by atoms with Crippen molar-refractivity contribution >= 4 is 29.0 Å². The minimum Gasteiger partial charge on any atom is -0.394 e. The number of halogens is 2. The number of aliphatic hydroxyl groups is 1. The number of hydrogen-bond acceptors (Lipinski definition) is 3. The van der Waals surface area contributed by atoms with Gasteiger partial charge in [0.15, 0.2) is 0 Å². The molecule has 15 heavy (non-hydrogen) atoms. The molecule has 3 nitrogen and oxygen atoms in total. The van der Waals surface area contributed by atoms with Crippen LogP contribution in [0.3, 0.4) is 0 Å². The summed E-state index contributed by atoms with van der Waals surface area (Å²) in [6.45, 7) is 1.03. The third kappa shape index (κ3) is 2.19. The molecule has 0 aromatic carbocycles. The lowest BCUT2D eigenvalue weighted by Crippen LogP contribution is -2.32. The molecule has 1 aliphatic heterocycles. The highest BCUT2D eigenvalue weighted by atomic mass is 35.5. The van der Waals surface area contributed by atoms with Crippen LogP contribution in [-0.2, 0) is 0 Å². The zero-order valence-electron chi connectivity index (χ0n) is 8.16. The van der Waals surface area contributed by atoms with Crippen LogP contribution < -0.4 is 4.90 Å². The Morgan fingerprint density at radius 3 is 3.00 bits per heavy atom. The van der Waals surface area contributed by atoms with Crippen molar-refractivity contribution in [3.05, 3.63) is 22.3 Å². The molecule has 1 saturated heterocycles. The SMILES string of the molecule is OCC1CCCN1c1ncc(Cl)cc1Cl. The summed E-state index contributed by atoms with van der Waals surface area (Å²) in [6, 6.07) is 1.81. The molecule has 0 amide bonds. The smallest absolute Gasteiger partial charge is 0.147 e. The maximum atomic E-state index is 9.20. The van der Waals surface area contributed by atoms with E-state index in [-0.39, 0.29) is 12.6 Å². The van der Waals surface area contributed by atoms with E-state index in [1.54, 1.807) is 12.3 Å². The lowest BCUT2D eigenvalue weighted by Gasteiger charge is -2.24. The Balaban J connectivity index is 2.28. The third-order valence-corrected chi connectivity index (χ3v) is 3.13. The first kappa shape index (κ1) is 11.0. The first-order valence-corrected chi connectivity index (χ1v) is 5.66. The largest absolute Gasteiger partial charge is 0.394 e. The average molecular weight is 247 g/mol. The summed E-state index contributed by atoms with van der Waals surface area (Å²) in [5.74, 6) is 0.720. The monoisotopic (exact) mass is 246 g/mol. The first-order valence-electron chi connectivity index (χ1n) is 4.91. The van der Waals surface area contributed by atoms with Crippen molar-refractivity contribution in [3.8, 4) is 0 Å². The molecule has 0 bridgehead atoms. The van der Waals surface area contributed by atoms with Crippen LogP contribution in [0.25, 0.3) is 0 Å². The number of aliphatic hydroxyl groups excluding tert-OH is 1. The molecule has 2 rings (SSSR count). The summed E-state index contributed by atoms with van der Waals surface area (Å²) < 4.78 is 0. The molecule has 2 heterocycles. The van der Waals surface area contributed by atoms with Gasteiger partial charge in [-0.3, -0.25) is 0 Å². The second-order valence-corrected chi connectivity index (χ2v) is 4.47. The molecule has 0 saturated carbocycles. The van der Waals surface area contributed by atoms with Crippen LogP contribution in [0, 0.1) is 0 Å². The summed E-state index contributed by atoms with van der Waals surface area (Å²) in [5.41, 5.74) is 0. The quantitative estimate of drug-likeness (QED) is 0.871. The maximum Gasteiger partial charge on any atom is 0.147 e. The van der Waals surface area contributed by atoms with Crippen LogP contribution in [0.1, 0.15) is 12.8 Å². The van der Waals surface area contributed by atoms with E-state index in [1.165, 1.54) is 0 Å². The van der Waals surface area contributed by atoms with Crippen LogP contribution >= 0.6 is 23.2 Å². The van der Waals surface area contributed by atoms with Crippen LogP contribution in [0.2, 0.25) is 10.0 Å². The Morgan fingerprint density at radius 2 is 2.33 bits per heavy atom. The van der Waals surface area contributed by atoms with Crippen molar-refractivity contribution in [1.29, 1.82) is 0 Å². The van der Waals surface area contributed by atoms with Gasteiger partial charge in [-0.05, 0) is 18.9 Å². The van der Waals surface area contributed by atoms with E-state index in [9.17, 15) is 5.11 Å². The third-order valence-electron chi connectivity index (χ3n) is 2.65. The lowest BCUT2D eigenvalue weighted by atomic mass is 10.2. The summed E-state index contributed by atoms with van der Waals surface area (Å²) in [6.07, 6.45) is 3.62. The minimum absolute atomic E-state index is 0.135. The topological polar surface area (TPSA) is 36.4 Å². The maximum absolute atomic E-state index is 9.20. The van der Waals surface area contributed by atoms with E-state index in [0.29, 0.717) is 10.0 Å². The fourth-order valence-corrected chi connectivity index (χ4v) is 2.41. The molecule has 1 aromatic heterocycles. The average Bonchev–Trinajstić information content (AvgIpc) is 2.65. The molecule has 0 spiro atoms. The molecule has 0 radical (unpaired) electrons. The van der Waals surface area contributed by atoms with Gasteiger partial charge >= 0.3 is 0 Å². The van der Waals surface area contributed by atoms with Gasteiger partial charge in [-0.1, -0.05) is 23.2 Å². The van der Waals surface area contributed by atoms with E-state index in [4.69, 9.17) is 23.2 Å². The standard InChI is InChI=1S/C10H12Cl2N2O/c11-7-4-9(12)10(13-5-7)14-3-1-2-8(14)6-15/h4-5,8,15H,1-3,6H2. The van der Waals surface area contributed by atoms with E-state index in [2.05, 4.69) is 4.98 Å². The highest BCUT2D eigenvalue weighted by Crippen LogP contribution is 2.31. The summed E-state index contributed by atoms with van der Waals surface area (Å²) in [7, 11) is 0. The number of aromatic nitrogens is 1. The van der Waals surface area contributed by atoms with Crippen LogP contribution in [0.5, 0.6) is 0 Å². The Labute approximate surface area is 98.6 Å². The highest BCUT2D eigenvalue weighted by Gasteiger charge is 2.26. The molecular weight excluding hydrogens is 235 g/mol. The van der Waals surface area contributed by atoms with Crippen molar-refractivity contribution in [2.45, 2.75) is 18.9 Å². The van der Waals surface area contributed by atoms with Crippen LogP contribution in [-0.4, -0.2) is 29.3 Å². The zero-order chi connectivity index (χ0) is 10.8. The Bertz CT molecular complexity index is 359. The highest BCUT2D eigenvalue weighted by molar-refractivity contribution is 6.36. The lowest BCUT2D eigenvalue weighted by molar-refractivity contribution is 0.266.